The van der Waals surface area contributed by atoms with Crippen LogP contribution in [0.3, 0.4) is 0 Å². The Labute approximate surface area is 105 Å². The molecule has 1 aliphatic rings. The van der Waals surface area contributed by atoms with Gasteiger partial charge in [0.05, 0.1) is 18.7 Å². The molecule has 0 atom stereocenters. The van der Waals surface area contributed by atoms with Crippen molar-refractivity contribution in [3.05, 3.63) is 0 Å². The van der Waals surface area contributed by atoms with Gasteiger partial charge in [0.1, 0.15) is 0 Å². The van der Waals surface area contributed by atoms with Crippen LogP contribution in [0.2, 0.25) is 0 Å². The smallest absolute Gasteiger partial charge is 0.222 e. The Kier molecular flexibility index (Phi) is 5.96. The number of unbranched alkanes of at least 4 members (excludes halogenated alkanes) is 5. The van der Waals surface area contributed by atoms with Crippen LogP contribution in [-0.4, -0.2) is 34.6 Å². The zero-order valence-electron chi connectivity index (χ0n) is 11.4. The standard InChI is InChI=1S/C14H27NO2/c1-3-5-6-7-8-9-10-13(16)15-11-14(17,4-2)12-15/h17H,3-12H2,1-2H3. The van der Waals surface area contributed by atoms with Crippen molar-refractivity contribution in [3.8, 4) is 0 Å². The Morgan fingerprint density at radius 1 is 1.12 bits per heavy atom. The Balaban J connectivity index is 2.00. The minimum absolute atomic E-state index is 0.221. The predicted molar refractivity (Wildman–Crippen MR) is 69.8 cm³/mol. The van der Waals surface area contributed by atoms with Crippen molar-refractivity contribution < 1.29 is 9.90 Å². The number of hydrogen-bond donors (Lipinski definition) is 1. The molecule has 0 radical (unpaired) electrons. The molecule has 17 heavy (non-hydrogen) atoms. The molecule has 0 aromatic carbocycles. The largest absolute Gasteiger partial charge is 0.386 e. The van der Waals surface area contributed by atoms with Crippen LogP contribution in [0.15, 0.2) is 0 Å². The van der Waals surface area contributed by atoms with Crippen LogP contribution in [0.25, 0.3) is 0 Å². The van der Waals surface area contributed by atoms with Gasteiger partial charge in [-0.2, -0.15) is 0 Å². The highest BCUT2D eigenvalue weighted by atomic mass is 16.3. The van der Waals surface area contributed by atoms with Gasteiger partial charge in [0.2, 0.25) is 5.91 Å². The molecule has 0 unspecified atom stereocenters. The molecule has 100 valence electrons. The molecule has 1 rings (SSSR count). The maximum Gasteiger partial charge on any atom is 0.222 e. The van der Waals surface area contributed by atoms with Gasteiger partial charge < -0.3 is 10.0 Å². The number of aliphatic hydroxyl groups is 1. The highest BCUT2D eigenvalue weighted by Crippen LogP contribution is 2.25. The average Bonchev–Trinajstić information content (AvgIpc) is 2.29. The Bertz CT molecular complexity index is 234. The van der Waals surface area contributed by atoms with E-state index >= 15 is 0 Å². The highest BCUT2D eigenvalue weighted by molar-refractivity contribution is 5.77. The number of carbonyl (C=O) groups is 1. The second-order valence-electron chi connectivity index (χ2n) is 5.35. The monoisotopic (exact) mass is 241 g/mol. The molecule has 1 saturated heterocycles. The number of likely N-dealkylation sites (tertiary alicyclic amines) is 1. The number of carbonyl (C=O) groups excluding carboxylic acids is 1. The first kappa shape index (κ1) is 14.5. The molecule has 0 aromatic rings. The third-order valence-electron chi connectivity index (χ3n) is 3.73. The Hall–Kier alpha value is -0.570. The van der Waals surface area contributed by atoms with E-state index in [1.54, 1.807) is 4.90 Å². The van der Waals surface area contributed by atoms with Crippen LogP contribution in [0.4, 0.5) is 0 Å². The molecule has 1 fully saturated rings. The van der Waals surface area contributed by atoms with Crippen LogP contribution in [0.1, 0.15) is 65.2 Å². The predicted octanol–water partition coefficient (Wildman–Crippen LogP) is 2.72. The minimum Gasteiger partial charge on any atom is -0.386 e. The van der Waals surface area contributed by atoms with Gasteiger partial charge in [-0.1, -0.05) is 46.0 Å². The van der Waals surface area contributed by atoms with Crippen molar-refractivity contribution in [1.82, 2.24) is 4.90 Å². The van der Waals surface area contributed by atoms with Crippen molar-refractivity contribution in [3.63, 3.8) is 0 Å². The third-order valence-corrected chi connectivity index (χ3v) is 3.73. The fourth-order valence-corrected chi connectivity index (χ4v) is 2.28. The van der Waals surface area contributed by atoms with E-state index in [2.05, 4.69) is 6.92 Å². The normalized spacial score (nSPS) is 17.9. The summed E-state index contributed by atoms with van der Waals surface area (Å²) in [5.74, 6) is 0.221. The first-order valence-electron chi connectivity index (χ1n) is 7.11. The quantitative estimate of drug-likeness (QED) is 0.664. The van der Waals surface area contributed by atoms with E-state index < -0.39 is 5.60 Å². The van der Waals surface area contributed by atoms with Gasteiger partial charge in [0.25, 0.3) is 0 Å². The molecule has 0 saturated carbocycles. The van der Waals surface area contributed by atoms with E-state index in [0.29, 0.717) is 19.5 Å². The zero-order valence-corrected chi connectivity index (χ0v) is 11.4. The molecule has 1 N–H and O–H groups in total. The van der Waals surface area contributed by atoms with Gasteiger partial charge in [-0.15, -0.1) is 0 Å². The number of β-amino-alcohol motifs (C(OH)–C–C–N with tert-alkyl or cyclic N) is 1. The summed E-state index contributed by atoms with van der Waals surface area (Å²) < 4.78 is 0. The first-order valence-corrected chi connectivity index (χ1v) is 7.11. The van der Waals surface area contributed by atoms with Crippen molar-refractivity contribution in [2.24, 2.45) is 0 Å². The Morgan fingerprint density at radius 2 is 1.71 bits per heavy atom. The van der Waals surface area contributed by atoms with E-state index in [1.165, 1.54) is 25.7 Å². The fourth-order valence-electron chi connectivity index (χ4n) is 2.28. The second kappa shape index (κ2) is 7.00. The minimum atomic E-state index is -0.587. The summed E-state index contributed by atoms with van der Waals surface area (Å²) >= 11 is 0. The summed E-state index contributed by atoms with van der Waals surface area (Å²) in [5.41, 5.74) is -0.587. The van der Waals surface area contributed by atoms with E-state index in [9.17, 15) is 9.90 Å². The molecule has 0 aliphatic carbocycles. The summed E-state index contributed by atoms with van der Waals surface area (Å²) in [7, 11) is 0. The number of rotatable bonds is 8. The van der Waals surface area contributed by atoms with Crippen LogP contribution < -0.4 is 0 Å². The van der Waals surface area contributed by atoms with Crippen LogP contribution >= 0.6 is 0 Å². The van der Waals surface area contributed by atoms with Crippen molar-refractivity contribution in [2.75, 3.05) is 13.1 Å². The van der Waals surface area contributed by atoms with Crippen LogP contribution in [0.5, 0.6) is 0 Å². The summed E-state index contributed by atoms with van der Waals surface area (Å²) in [6.45, 7) is 5.26. The summed E-state index contributed by atoms with van der Waals surface area (Å²) in [5, 5.41) is 9.81. The molecular weight excluding hydrogens is 214 g/mol. The number of amides is 1. The topological polar surface area (TPSA) is 40.5 Å². The van der Waals surface area contributed by atoms with Gasteiger partial charge in [-0.3, -0.25) is 4.79 Å². The van der Waals surface area contributed by atoms with Gasteiger partial charge in [-0.25, -0.2) is 0 Å². The average molecular weight is 241 g/mol. The van der Waals surface area contributed by atoms with Crippen molar-refractivity contribution in [2.45, 2.75) is 70.8 Å². The maximum absolute atomic E-state index is 11.7. The Morgan fingerprint density at radius 3 is 2.29 bits per heavy atom. The fraction of sp³-hybridized carbons (Fsp3) is 0.929. The van der Waals surface area contributed by atoms with Crippen molar-refractivity contribution in [1.29, 1.82) is 0 Å². The van der Waals surface area contributed by atoms with Crippen LogP contribution in [-0.2, 0) is 4.79 Å². The molecule has 0 bridgehead atoms. The molecule has 0 spiro atoms. The van der Waals surface area contributed by atoms with Gasteiger partial charge in [0, 0.05) is 6.42 Å². The SMILES string of the molecule is CCCCCCCCC(=O)N1CC(O)(CC)C1. The maximum atomic E-state index is 11.7. The van der Waals surface area contributed by atoms with E-state index in [1.807, 2.05) is 6.92 Å². The van der Waals surface area contributed by atoms with Gasteiger partial charge in [-0.05, 0) is 12.8 Å². The van der Waals surface area contributed by atoms with E-state index in [4.69, 9.17) is 0 Å². The van der Waals surface area contributed by atoms with E-state index in [0.717, 1.165) is 19.3 Å². The van der Waals surface area contributed by atoms with E-state index in [-0.39, 0.29) is 5.91 Å². The number of nitrogens with zero attached hydrogens (tertiary/aromatic N) is 1. The molecule has 1 amide bonds. The molecule has 3 nitrogen and oxygen atoms in total. The summed E-state index contributed by atoms with van der Waals surface area (Å²) in [6, 6.07) is 0. The lowest BCUT2D eigenvalue weighted by molar-refractivity contribution is -0.155. The third kappa shape index (κ3) is 4.66. The molecule has 3 heteroatoms. The molecule has 1 heterocycles. The lowest BCUT2D eigenvalue weighted by atomic mass is 9.91. The van der Waals surface area contributed by atoms with Gasteiger partial charge >= 0.3 is 0 Å². The summed E-state index contributed by atoms with van der Waals surface area (Å²) in [6.07, 6.45) is 8.69. The molecular formula is C14H27NO2. The second-order valence-corrected chi connectivity index (χ2v) is 5.35. The first-order chi connectivity index (χ1) is 8.11. The highest BCUT2D eigenvalue weighted by Gasteiger charge is 2.41. The lowest BCUT2D eigenvalue weighted by Crippen LogP contribution is -2.63. The zero-order chi connectivity index (χ0) is 12.7. The molecule has 1 aliphatic heterocycles. The molecule has 0 aromatic heterocycles. The van der Waals surface area contributed by atoms with Crippen molar-refractivity contribution >= 4 is 5.91 Å². The van der Waals surface area contributed by atoms with Crippen LogP contribution in [0, 0.1) is 0 Å². The summed E-state index contributed by atoms with van der Waals surface area (Å²) in [4.78, 5) is 13.5. The van der Waals surface area contributed by atoms with Gasteiger partial charge in [0.15, 0.2) is 0 Å². The number of hydrogen-bond acceptors (Lipinski definition) is 2. The lowest BCUT2D eigenvalue weighted by Gasteiger charge is -2.46.